The second kappa shape index (κ2) is 28.4. The number of hydrogen-bond donors (Lipinski definition) is 0. The minimum Gasteiger partial charge on any atom is -0.545 e. The minimum atomic E-state index is -1.20. The van der Waals surface area contributed by atoms with Gasteiger partial charge >= 0.3 is 0 Å². The van der Waals surface area contributed by atoms with Gasteiger partial charge in [0.25, 0.3) is 0 Å². The fourth-order valence-electron chi connectivity index (χ4n) is 6.14. The van der Waals surface area contributed by atoms with E-state index in [9.17, 15) is 59.4 Å². The van der Waals surface area contributed by atoms with E-state index in [0.29, 0.717) is 11.1 Å². The van der Waals surface area contributed by atoms with Crippen molar-refractivity contribution in [3.63, 3.8) is 0 Å². The van der Waals surface area contributed by atoms with Gasteiger partial charge in [0.05, 0.1) is 35.8 Å². The predicted octanol–water partition coefficient (Wildman–Crippen LogP) is 5.53. The third-order valence-electron chi connectivity index (χ3n) is 9.63. The van der Waals surface area contributed by atoms with Crippen LogP contribution in [0.3, 0.4) is 0 Å². The lowest BCUT2D eigenvalue weighted by molar-refractivity contribution is -0.256. The van der Waals surface area contributed by atoms with Crippen molar-refractivity contribution in [3.05, 3.63) is 210 Å². The number of carboxylic acid groups (broad SMARTS) is 6. The lowest BCUT2D eigenvalue weighted by atomic mass is 9.87. The Labute approximate surface area is 418 Å². The van der Waals surface area contributed by atoms with E-state index >= 15 is 0 Å². The van der Waals surface area contributed by atoms with Crippen LogP contribution in [0.2, 0.25) is 0 Å². The smallest absolute Gasteiger partial charge is 0.0720 e. The molecule has 0 aliphatic carbocycles. The first-order valence-electron chi connectivity index (χ1n) is 21.3. The molecule has 0 heterocycles. The Morgan fingerprint density at radius 2 is 0.800 bits per heavy atom. The quantitative estimate of drug-likeness (QED) is 0.187. The van der Waals surface area contributed by atoms with Crippen molar-refractivity contribution in [2.45, 2.75) is 81.6 Å². The largest absolute Gasteiger partial charge is 0.545 e. The Hall–Kier alpha value is -8.74. The second-order valence-electron chi connectivity index (χ2n) is 16.9. The molecule has 0 saturated heterocycles. The van der Waals surface area contributed by atoms with Crippen LogP contribution in [-0.4, -0.2) is 35.8 Å². The van der Waals surface area contributed by atoms with Crippen molar-refractivity contribution < 1.29 is 68.0 Å². The summed E-state index contributed by atoms with van der Waals surface area (Å²) < 4.78 is 0. The third kappa shape index (κ3) is 21.7. The fourth-order valence-corrected chi connectivity index (χ4v) is 6.14. The SMILES string of the molecule is C#CC#Cc1ccc(C(=O)[O-])cc1.CC(C)(C)c1ccc(C(=O)[O-])cc1.Cc1cc(C)c(C(=O)[O-])c(C)c1.Cc1cc(C)cc(C(=O)[O-])c1.Cc1ccc(C(=O)[O-])cc1.Cc1ccc(C)c(C(=O)[O-])c1.[HH].[HH].[HH].[HH].[HH].[HH]. The van der Waals surface area contributed by atoms with Gasteiger partial charge in [0.15, 0.2) is 0 Å². The lowest BCUT2D eigenvalue weighted by Crippen LogP contribution is -2.24. The highest BCUT2D eigenvalue weighted by molar-refractivity contribution is 5.90. The summed E-state index contributed by atoms with van der Waals surface area (Å²) in [7, 11) is 0. The Kier molecular flexibility index (Phi) is 24.1. The summed E-state index contributed by atoms with van der Waals surface area (Å²) in [5.41, 5.74) is 10.6. The Morgan fingerprint density at radius 3 is 1.16 bits per heavy atom. The second-order valence-corrected chi connectivity index (χ2v) is 16.9. The summed E-state index contributed by atoms with van der Waals surface area (Å²) >= 11 is 0. The molecule has 12 nitrogen and oxygen atoms in total. The molecule has 0 amide bonds. The standard InChI is InChI=1S/C11H14O2.C11H6O2.C10H12O2.2C9H10O2.C8H8O2.6H2/c1-11(2,3)9-6-4-8(5-7-9)10(12)13;1-2-3-4-9-5-7-10(8-6-9)11(12)13;1-6-4-7(2)9(10(11)12)8(3)5-6;1-6-3-7(2)5-8(4-6)9(10)11;1-6-3-4-7(2)8(5-6)9(10)11;1-6-2-4-7(5-3-6)8(9)10;;;;;;/h4-7H,1-3H3,(H,12,13);1,5-8H,(H,12,13);4-5H,1-3H3,(H,11,12);2*3-5H,1-2H3,(H,10,11);2-5H,1H3,(H,9,10);6*1H/p-6. The average molecular weight is 955 g/mol. The number of terminal acetylenes is 1. The molecular formula is C58H66O12-6. The summed E-state index contributed by atoms with van der Waals surface area (Å²) in [5.74, 6) is 0.493. The van der Waals surface area contributed by atoms with E-state index in [0.717, 1.165) is 50.1 Å². The number of carboxylic acids is 6. The van der Waals surface area contributed by atoms with Gasteiger partial charge in [-0.1, -0.05) is 158 Å². The number of aryl methyl sites for hydroxylation is 8. The first-order valence-corrected chi connectivity index (χ1v) is 21.3. The van der Waals surface area contributed by atoms with Gasteiger partial charge in [0.1, 0.15) is 0 Å². The van der Waals surface area contributed by atoms with E-state index in [1.54, 1.807) is 81.4 Å². The van der Waals surface area contributed by atoms with Gasteiger partial charge in [-0.25, -0.2) is 0 Å². The van der Waals surface area contributed by atoms with Crippen molar-refractivity contribution in [2.75, 3.05) is 0 Å². The third-order valence-corrected chi connectivity index (χ3v) is 9.63. The fraction of sp³-hybridized carbons (Fsp3) is 0.207. The number of carbonyl (C=O) groups is 6. The highest BCUT2D eigenvalue weighted by Gasteiger charge is 2.12. The van der Waals surface area contributed by atoms with Gasteiger partial charge in [-0.05, 0) is 135 Å². The van der Waals surface area contributed by atoms with E-state index in [1.165, 1.54) is 24.3 Å². The monoisotopic (exact) mass is 954 g/mol. The van der Waals surface area contributed by atoms with Crippen LogP contribution in [0.15, 0.2) is 121 Å². The van der Waals surface area contributed by atoms with Gasteiger partial charge < -0.3 is 59.4 Å². The molecule has 0 spiro atoms. The number of rotatable bonds is 6. The molecule has 376 valence electrons. The zero-order valence-corrected chi connectivity index (χ0v) is 41.0. The molecule has 12 heteroatoms. The van der Waals surface area contributed by atoms with Gasteiger partial charge in [-0.15, -0.1) is 6.42 Å². The summed E-state index contributed by atoms with van der Waals surface area (Å²) in [6.45, 7) is 21.0. The molecular weight excluding hydrogens is 889 g/mol. The molecule has 0 fully saturated rings. The molecule has 0 radical (unpaired) electrons. The maximum atomic E-state index is 10.6. The number of benzene rings is 6. The van der Waals surface area contributed by atoms with Crippen LogP contribution in [0.1, 0.15) is 147 Å². The Balaban J connectivity index is -0.000000191. The summed E-state index contributed by atoms with van der Waals surface area (Å²) in [5, 5.41) is 62.5. The van der Waals surface area contributed by atoms with Crippen molar-refractivity contribution in [1.29, 1.82) is 0 Å². The van der Waals surface area contributed by atoms with Gasteiger partial charge in [0.2, 0.25) is 0 Å². The van der Waals surface area contributed by atoms with Crippen LogP contribution in [0.25, 0.3) is 0 Å². The highest BCUT2D eigenvalue weighted by Crippen LogP contribution is 2.22. The summed E-state index contributed by atoms with van der Waals surface area (Å²) in [4.78, 5) is 62.5. The average Bonchev–Trinajstić information content (AvgIpc) is 3.26. The van der Waals surface area contributed by atoms with Gasteiger partial charge in [0, 0.05) is 25.3 Å². The van der Waals surface area contributed by atoms with Crippen LogP contribution < -0.4 is 30.6 Å². The lowest BCUT2D eigenvalue weighted by Gasteiger charge is -2.19. The topological polar surface area (TPSA) is 241 Å². The molecule has 0 unspecified atom stereocenters. The number of carbonyl (C=O) groups excluding carboxylic acids is 6. The van der Waals surface area contributed by atoms with Crippen LogP contribution >= 0.6 is 0 Å². The van der Waals surface area contributed by atoms with Crippen molar-refractivity contribution >= 4 is 35.8 Å². The first-order chi connectivity index (χ1) is 32.6. The molecule has 6 rings (SSSR count). The van der Waals surface area contributed by atoms with Crippen LogP contribution in [0.5, 0.6) is 0 Å². The number of aromatic carboxylic acids is 6. The molecule has 0 aliphatic heterocycles. The summed E-state index contributed by atoms with van der Waals surface area (Å²) in [6.07, 6.45) is 4.93. The van der Waals surface area contributed by atoms with Crippen LogP contribution in [-0.2, 0) is 5.41 Å². The van der Waals surface area contributed by atoms with E-state index in [-0.39, 0.29) is 41.8 Å². The van der Waals surface area contributed by atoms with Crippen LogP contribution in [0, 0.1) is 79.6 Å². The molecule has 0 atom stereocenters. The molecule has 0 bridgehead atoms. The zero-order valence-electron chi connectivity index (χ0n) is 41.0. The normalized spacial score (nSPS) is 9.63. The molecule has 6 aromatic rings. The molecule has 6 aromatic carbocycles. The molecule has 0 aromatic heterocycles. The number of hydrogen-bond acceptors (Lipinski definition) is 12. The highest BCUT2D eigenvalue weighted by atomic mass is 16.4. The Morgan fingerprint density at radius 1 is 0.414 bits per heavy atom. The van der Waals surface area contributed by atoms with Crippen molar-refractivity contribution in [2.24, 2.45) is 0 Å². The van der Waals surface area contributed by atoms with E-state index in [1.807, 2.05) is 71.0 Å². The predicted molar refractivity (Wildman–Crippen MR) is 270 cm³/mol. The van der Waals surface area contributed by atoms with Crippen molar-refractivity contribution in [1.82, 2.24) is 0 Å². The zero-order chi connectivity index (χ0) is 53.5. The van der Waals surface area contributed by atoms with E-state index in [2.05, 4.69) is 38.5 Å². The maximum absolute atomic E-state index is 10.6. The first kappa shape index (κ1) is 59.3. The maximum Gasteiger partial charge on any atom is 0.0720 e. The van der Waals surface area contributed by atoms with Gasteiger partial charge in [-0.3, -0.25) is 0 Å². The Bertz CT molecular complexity index is 2870. The molecule has 70 heavy (non-hydrogen) atoms. The molecule has 0 aliphatic rings. The molecule has 0 saturated carbocycles. The van der Waals surface area contributed by atoms with Crippen molar-refractivity contribution in [3.8, 4) is 24.2 Å². The minimum absolute atomic E-state index is 0. The van der Waals surface area contributed by atoms with E-state index < -0.39 is 35.8 Å². The van der Waals surface area contributed by atoms with E-state index in [4.69, 9.17) is 6.42 Å². The molecule has 0 N–H and O–H groups in total. The van der Waals surface area contributed by atoms with Crippen LogP contribution in [0.4, 0.5) is 0 Å². The van der Waals surface area contributed by atoms with Gasteiger partial charge in [-0.2, -0.15) is 0 Å². The summed E-state index contributed by atoms with van der Waals surface area (Å²) in [6, 6.07) is 33.4.